The predicted molar refractivity (Wildman–Crippen MR) is 105 cm³/mol. The summed E-state index contributed by atoms with van der Waals surface area (Å²) in [5.74, 6) is -0.348. The Labute approximate surface area is 159 Å². The maximum Gasteiger partial charge on any atom is 0.255 e. The summed E-state index contributed by atoms with van der Waals surface area (Å²) in [5, 5.41) is 14.9. The van der Waals surface area contributed by atoms with Gasteiger partial charge in [-0.2, -0.15) is 5.26 Å². The molecule has 3 rings (SSSR count). The topological polar surface area (TPSA) is 82.0 Å². The van der Waals surface area contributed by atoms with Crippen LogP contribution in [0.3, 0.4) is 0 Å². The third-order valence-corrected chi connectivity index (χ3v) is 4.93. The Morgan fingerprint density at radius 2 is 1.74 bits per heavy atom. The fourth-order valence-corrected chi connectivity index (χ4v) is 3.39. The SMILES string of the molecule is Cc1cc(C(=O)NC2CCCCC2)ccc1NC(=O)c1cccc(C#N)c1. The molecule has 0 bridgehead atoms. The van der Waals surface area contributed by atoms with E-state index in [1.165, 1.54) is 19.3 Å². The summed E-state index contributed by atoms with van der Waals surface area (Å²) in [6.07, 6.45) is 5.67. The Balaban J connectivity index is 1.68. The van der Waals surface area contributed by atoms with Crippen molar-refractivity contribution in [2.24, 2.45) is 0 Å². The van der Waals surface area contributed by atoms with Gasteiger partial charge in [-0.25, -0.2) is 0 Å². The van der Waals surface area contributed by atoms with E-state index in [4.69, 9.17) is 5.26 Å². The minimum Gasteiger partial charge on any atom is -0.349 e. The third kappa shape index (κ3) is 4.73. The highest BCUT2D eigenvalue weighted by atomic mass is 16.2. The molecule has 0 unspecified atom stereocenters. The molecule has 1 aliphatic carbocycles. The van der Waals surface area contributed by atoms with Crippen LogP contribution in [0.15, 0.2) is 42.5 Å². The van der Waals surface area contributed by atoms with E-state index in [-0.39, 0.29) is 17.9 Å². The van der Waals surface area contributed by atoms with Gasteiger partial charge in [0.1, 0.15) is 0 Å². The summed E-state index contributed by atoms with van der Waals surface area (Å²) in [6, 6.07) is 14.1. The smallest absolute Gasteiger partial charge is 0.255 e. The minimum absolute atomic E-state index is 0.0652. The Hall–Kier alpha value is -3.13. The van der Waals surface area contributed by atoms with Crippen molar-refractivity contribution >= 4 is 17.5 Å². The Morgan fingerprint density at radius 1 is 1.00 bits per heavy atom. The van der Waals surface area contributed by atoms with Crippen LogP contribution in [0.1, 0.15) is 63.9 Å². The van der Waals surface area contributed by atoms with E-state index >= 15 is 0 Å². The lowest BCUT2D eigenvalue weighted by Gasteiger charge is -2.23. The summed E-state index contributed by atoms with van der Waals surface area (Å²) in [5.41, 5.74) is 2.93. The van der Waals surface area contributed by atoms with Gasteiger partial charge in [0.2, 0.25) is 0 Å². The number of amides is 2. The molecule has 0 radical (unpaired) electrons. The molecule has 138 valence electrons. The number of anilines is 1. The minimum atomic E-state index is -0.283. The Bertz CT molecular complexity index is 893. The van der Waals surface area contributed by atoms with Gasteiger partial charge < -0.3 is 10.6 Å². The van der Waals surface area contributed by atoms with E-state index in [2.05, 4.69) is 10.6 Å². The summed E-state index contributed by atoms with van der Waals surface area (Å²) in [7, 11) is 0. The predicted octanol–water partition coefficient (Wildman–Crippen LogP) is 4.18. The van der Waals surface area contributed by atoms with Crippen molar-refractivity contribution in [2.45, 2.75) is 45.1 Å². The maximum atomic E-state index is 12.5. The Morgan fingerprint density at radius 3 is 2.44 bits per heavy atom. The molecule has 1 aliphatic rings. The summed E-state index contributed by atoms with van der Waals surface area (Å²) >= 11 is 0. The van der Waals surface area contributed by atoms with Crippen LogP contribution in [0.5, 0.6) is 0 Å². The fraction of sp³-hybridized carbons (Fsp3) is 0.318. The number of nitrogens with zero attached hydrogens (tertiary/aromatic N) is 1. The van der Waals surface area contributed by atoms with Crippen molar-refractivity contribution in [1.29, 1.82) is 5.26 Å². The molecule has 1 saturated carbocycles. The second-order valence-electron chi connectivity index (χ2n) is 6.98. The molecule has 0 heterocycles. The number of rotatable bonds is 4. The summed E-state index contributed by atoms with van der Waals surface area (Å²) in [4.78, 5) is 24.9. The van der Waals surface area contributed by atoms with Gasteiger partial charge in [-0.05, 0) is 61.7 Å². The molecule has 2 aromatic carbocycles. The van der Waals surface area contributed by atoms with Crippen molar-refractivity contribution in [2.75, 3.05) is 5.32 Å². The van der Waals surface area contributed by atoms with Gasteiger partial charge in [-0.3, -0.25) is 9.59 Å². The van der Waals surface area contributed by atoms with Crippen molar-refractivity contribution < 1.29 is 9.59 Å². The van der Waals surface area contributed by atoms with Gasteiger partial charge in [0.25, 0.3) is 11.8 Å². The average Bonchev–Trinajstić information content (AvgIpc) is 2.70. The van der Waals surface area contributed by atoms with Crippen molar-refractivity contribution in [3.05, 3.63) is 64.7 Å². The molecule has 5 heteroatoms. The van der Waals surface area contributed by atoms with E-state index in [9.17, 15) is 9.59 Å². The zero-order chi connectivity index (χ0) is 19.2. The first-order valence-electron chi connectivity index (χ1n) is 9.30. The van der Waals surface area contributed by atoms with E-state index < -0.39 is 0 Å². The third-order valence-electron chi connectivity index (χ3n) is 4.93. The number of carbonyl (C=O) groups excluding carboxylic acids is 2. The molecular formula is C22H23N3O2. The van der Waals surface area contributed by atoms with Gasteiger partial charge in [0.05, 0.1) is 11.6 Å². The van der Waals surface area contributed by atoms with Crippen molar-refractivity contribution in [3.63, 3.8) is 0 Å². The van der Waals surface area contributed by atoms with Crippen LogP contribution in [0.25, 0.3) is 0 Å². The molecule has 2 N–H and O–H groups in total. The number of aryl methyl sites for hydroxylation is 1. The molecule has 0 spiro atoms. The monoisotopic (exact) mass is 361 g/mol. The normalized spacial score (nSPS) is 14.2. The van der Waals surface area contributed by atoms with Gasteiger partial charge in [0.15, 0.2) is 0 Å². The van der Waals surface area contributed by atoms with Crippen molar-refractivity contribution in [3.8, 4) is 6.07 Å². The second-order valence-corrected chi connectivity index (χ2v) is 6.98. The molecule has 0 aromatic heterocycles. The number of nitrogens with one attached hydrogen (secondary N) is 2. The van der Waals surface area contributed by atoms with Gasteiger partial charge in [0, 0.05) is 22.9 Å². The first-order valence-corrected chi connectivity index (χ1v) is 9.30. The first-order chi connectivity index (χ1) is 13.1. The lowest BCUT2D eigenvalue weighted by molar-refractivity contribution is 0.0927. The van der Waals surface area contributed by atoms with Crippen LogP contribution in [0.4, 0.5) is 5.69 Å². The highest BCUT2D eigenvalue weighted by Crippen LogP contribution is 2.20. The highest BCUT2D eigenvalue weighted by molar-refractivity contribution is 6.05. The molecule has 2 amide bonds. The number of benzene rings is 2. The van der Waals surface area contributed by atoms with Crippen LogP contribution in [-0.2, 0) is 0 Å². The molecule has 0 aliphatic heterocycles. The second kappa shape index (κ2) is 8.50. The van der Waals surface area contributed by atoms with Crippen LogP contribution in [0, 0.1) is 18.3 Å². The Kier molecular flexibility index (Phi) is 5.87. The average molecular weight is 361 g/mol. The van der Waals surface area contributed by atoms with E-state index in [0.29, 0.717) is 22.4 Å². The fourth-order valence-electron chi connectivity index (χ4n) is 3.39. The lowest BCUT2D eigenvalue weighted by Crippen LogP contribution is -2.36. The van der Waals surface area contributed by atoms with Crippen LogP contribution < -0.4 is 10.6 Å². The molecule has 27 heavy (non-hydrogen) atoms. The quantitative estimate of drug-likeness (QED) is 0.857. The molecule has 0 atom stereocenters. The number of hydrogen-bond donors (Lipinski definition) is 2. The lowest BCUT2D eigenvalue weighted by atomic mass is 9.95. The van der Waals surface area contributed by atoms with Crippen LogP contribution in [-0.4, -0.2) is 17.9 Å². The van der Waals surface area contributed by atoms with E-state index in [1.807, 2.05) is 13.0 Å². The zero-order valence-corrected chi connectivity index (χ0v) is 15.4. The van der Waals surface area contributed by atoms with Gasteiger partial charge in [-0.15, -0.1) is 0 Å². The van der Waals surface area contributed by atoms with E-state index in [0.717, 1.165) is 18.4 Å². The van der Waals surface area contributed by atoms with Crippen LogP contribution in [0.2, 0.25) is 0 Å². The largest absolute Gasteiger partial charge is 0.349 e. The van der Waals surface area contributed by atoms with Gasteiger partial charge in [-0.1, -0.05) is 25.3 Å². The number of hydrogen-bond acceptors (Lipinski definition) is 3. The molecular weight excluding hydrogens is 338 g/mol. The standard InChI is InChI=1S/C22H23N3O2/c1-15-12-18(21(26)24-19-8-3-2-4-9-19)10-11-20(15)25-22(27)17-7-5-6-16(13-17)14-23/h5-7,10-13,19H,2-4,8-9H2,1H3,(H,24,26)(H,25,27). The number of carbonyl (C=O) groups is 2. The molecule has 2 aromatic rings. The highest BCUT2D eigenvalue weighted by Gasteiger charge is 2.17. The summed E-state index contributed by atoms with van der Waals surface area (Å²) in [6.45, 7) is 1.86. The zero-order valence-electron chi connectivity index (χ0n) is 15.4. The molecule has 0 saturated heterocycles. The first kappa shape index (κ1) is 18.7. The van der Waals surface area contributed by atoms with Gasteiger partial charge >= 0.3 is 0 Å². The van der Waals surface area contributed by atoms with Crippen molar-refractivity contribution in [1.82, 2.24) is 5.32 Å². The maximum absolute atomic E-state index is 12.5. The van der Waals surface area contributed by atoms with E-state index in [1.54, 1.807) is 42.5 Å². The summed E-state index contributed by atoms with van der Waals surface area (Å²) < 4.78 is 0. The molecule has 1 fully saturated rings. The number of nitriles is 1. The van der Waals surface area contributed by atoms with Crippen LogP contribution >= 0.6 is 0 Å². The molecule has 5 nitrogen and oxygen atoms in total.